The zero-order valence-electron chi connectivity index (χ0n) is 14.2. The second-order valence-electron chi connectivity index (χ2n) is 6.04. The number of aromatic amines is 1. The molecule has 3 rings (SSSR count). The van der Waals surface area contributed by atoms with Crippen LogP contribution in [0.5, 0.6) is 0 Å². The van der Waals surface area contributed by atoms with Crippen molar-refractivity contribution in [2.24, 2.45) is 0 Å². The van der Waals surface area contributed by atoms with Gasteiger partial charge in [-0.05, 0) is 37.9 Å². The third-order valence-corrected chi connectivity index (χ3v) is 4.39. The molecule has 0 radical (unpaired) electrons. The van der Waals surface area contributed by atoms with Crippen LogP contribution in [0.15, 0.2) is 12.1 Å². The number of aromatic nitrogens is 3. The Morgan fingerprint density at radius 2 is 2.16 bits per heavy atom. The molecule has 0 amide bonds. The zero-order chi connectivity index (χ0) is 17.6. The molecule has 0 aromatic carbocycles. The van der Waals surface area contributed by atoms with Gasteiger partial charge in [-0.25, -0.2) is 9.83 Å². The molecule has 0 unspecified atom stereocenters. The third-order valence-electron chi connectivity index (χ3n) is 4.13. The van der Waals surface area contributed by atoms with Gasteiger partial charge in [0.1, 0.15) is 11.0 Å². The lowest BCUT2D eigenvalue weighted by atomic mass is 10.1. The van der Waals surface area contributed by atoms with Crippen LogP contribution in [-0.4, -0.2) is 52.9 Å². The third kappa shape index (κ3) is 4.69. The van der Waals surface area contributed by atoms with E-state index >= 15 is 0 Å². The molecule has 1 aliphatic heterocycles. The largest absolute Gasteiger partial charge is 0.379 e. The monoisotopic (exact) mass is 360 g/mol. The molecule has 0 aliphatic carbocycles. The van der Waals surface area contributed by atoms with E-state index in [9.17, 15) is 0 Å². The number of H-pyrrole nitrogens is 1. The number of nitrogens with one attached hydrogen (secondary N) is 2. The number of ether oxygens (including phenoxy) is 1. The number of hydrogen-bond donors (Lipinski definition) is 2. The van der Waals surface area contributed by atoms with E-state index in [-0.39, 0.29) is 5.15 Å². The topological polar surface area (TPSA) is 70.4 Å². The normalized spacial score (nSPS) is 15.1. The summed E-state index contributed by atoms with van der Waals surface area (Å²) in [7, 11) is 0. The van der Waals surface area contributed by atoms with Gasteiger partial charge in [-0.1, -0.05) is 11.6 Å². The Labute approximate surface area is 152 Å². The molecular formula is C17H21ClN6O. The van der Waals surface area contributed by atoms with E-state index < -0.39 is 0 Å². The molecule has 25 heavy (non-hydrogen) atoms. The van der Waals surface area contributed by atoms with Crippen molar-refractivity contribution in [3.63, 3.8) is 0 Å². The van der Waals surface area contributed by atoms with Crippen molar-refractivity contribution in [1.82, 2.24) is 20.1 Å². The lowest BCUT2D eigenvalue weighted by Crippen LogP contribution is -2.36. The van der Waals surface area contributed by atoms with Crippen LogP contribution >= 0.6 is 11.6 Å². The van der Waals surface area contributed by atoms with Crippen molar-refractivity contribution < 1.29 is 4.74 Å². The summed E-state index contributed by atoms with van der Waals surface area (Å²) in [5, 5.41) is 10.4. The van der Waals surface area contributed by atoms with Crippen molar-refractivity contribution in [2.45, 2.75) is 19.8 Å². The van der Waals surface area contributed by atoms with Gasteiger partial charge < -0.3 is 10.1 Å². The molecule has 132 valence electrons. The quantitative estimate of drug-likeness (QED) is 0.610. The molecule has 2 N–H and O–H groups in total. The summed E-state index contributed by atoms with van der Waals surface area (Å²) in [4.78, 5) is 10.2. The van der Waals surface area contributed by atoms with E-state index in [4.69, 9.17) is 22.9 Å². The summed E-state index contributed by atoms with van der Waals surface area (Å²) in [5.74, 6) is 1.28. The van der Waals surface area contributed by atoms with Gasteiger partial charge in [0.15, 0.2) is 5.82 Å². The fourth-order valence-corrected chi connectivity index (χ4v) is 3.12. The highest BCUT2D eigenvalue weighted by atomic mass is 35.5. The highest BCUT2D eigenvalue weighted by Crippen LogP contribution is 2.31. The molecule has 0 atom stereocenters. The Balaban J connectivity index is 1.68. The van der Waals surface area contributed by atoms with Crippen LogP contribution in [0.3, 0.4) is 0 Å². The first-order chi connectivity index (χ1) is 12.2. The van der Waals surface area contributed by atoms with E-state index in [0.29, 0.717) is 17.3 Å². The second kappa shape index (κ2) is 8.30. The summed E-state index contributed by atoms with van der Waals surface area (Å²) in [6, 6.07) is 3.78. The van der Waals surface area contributed by atoms with Crippen molar-refractivity contribution in [1.29, 1.82) is 0 Å². The lowest BCUT2D eigenvalue weighted by molar-refractivity contribution is 0.0375. The Morgan fingerprint density at radius 3 is 2.84 bits per heavy atom. The van der Waals surface area contributed by atoms with Crippen molar-refractivity contribution in [3.05, 3.63) is 40.0 Å². The Morgan fingerprint density at radius 1 is 1.36 bits per heavy atom. The fourth-order valence-electron chi connectivity index (χ4n) is 2.86. The van der Waals surface area contributed by atoms with Crippen molar-refractivity contribution in [3.8, 4) is 0 Å². The minimum Gasteiger partial charge on any atom is -0.379 e. The SMILES string of the molecule is [C-]#[N+]c1c(CCCN2CCOCC2)cc(Nc2cc(C)[nH]n2)nc1Cl. The molecular weight excluding hydrogens is 340 g/mol. The average Bonchev–Trinajstić information content (AvgIpc) is 3.00. The first kappa shape index (κ1) is 17.7. The highest BCUT2D eigenvalue weighted by molar-refractivity contribution is 6.32. The number of hydrogen-bond acceptors (Lipinski definition) is 5. The molecule has 0 bridgehead atoms. The van der Waals surface area contributed by atoms with Gasteiger partial charge in [-0.3, -0.25) is 10.00 Å². The predicted octanol–water partition coefficient (Wildman–Crippen LogP) is 3.33. The zero-order valence-corrected chi connectivity index (χ0v) is 14.9. The van der Waals surface area contributed by atoms with Gasteiger partial charge in [0.05, 0.1) is 19.8 Å². The predicted molar refractivity (Wildman–Crippen MR) is 97.7 cm³/mol. The minimum atomic E-state index is 0.230. The number of nitrogens with zero attached hydrogens (tertiary/aromatic N) is 4. The van der Waals surface area contributed by atoms with Gasteiger partial charge >= 0.3 is 0 Å². The number of halogens is 1. The molecule has 7 nitrogen and oxygen atoms in total. The van der Waals surface area contributed by atoms with E-state index in [1.54, 1.807) is 0 Å². The maximum absolute atomic E-state index is 7.39. The van der Waals surface area contributed by atoms with E-state index in [1.807, 2.05) is 19.1 Å². The average molecular weight is 361 g/mol. The number of rotatable bonds is 6. The maximum atomic E-state index is 7.39. The van der Waals surface area contributed by atoms with Crippen LogP contribution in [0.4, 0.5) is 17.3 Å². The van der Waals surface area contributed by atoms with Gasteiger partial charge in [-0.2, -0.15) is 5.10 Å². The Bertz CT molecular complexity index is 763. The molecule has 2 aromatic rings. The molecule has 3 heterocycles. The van der Waals surface area contributed by atoms with Gasteiger partial charge in [0.2, 0.25) is 5.69 Å². The number of morpholine rings is 1. The summed E-state index contributed by atoms with van der Waals surface area (Å²) < 4.78 is 5.37. The van der Waals surface area contributed by atoms with Crippen LogP contribution in [-0.2, 0) is 11.2 Å². The Kier molecular flexibility index (Phi) is 5.87. The first-order valence-corrected chi connectivity index (χ1v) is 8.69. The van der Waals surface area contributed by atoms with Crippen LogP contribution in [0.1, 0.15) is 17.7 Å². The Hall–Kier alpha value is -2.14. The highest BCUT2D eigenvalue weighted by Gasteiger charge is 2.14. The molecule has 0 saturated carbocycles. The van der Waals surface area contributed by atoms with E-state index in [0.717, 1.165) is 56.9 Å². The molecule has 0 spiro atoms. The molecule has 1 fully saturated rings. The lowest BCUT2D eigenvalue weighted by Gasteiger charge is -2.26. The van der Waals surface area contributed by atoms with E-state index in [2.05, 4.69) is 30.2 Å². The smallest absolute Gasteiger partial charge is 0.227 e. The minimum absolute atomic E-state index is 0.230. The first-order valence-electron chi connectivity index (χ1n) is 8.31. The van der Waals surface area contributed by atoms with Crippen LogP contribution in [0.2, 0.25) is 5.15 Å². The van der Waals surface area contributed by atoms with Gasteiger partial charge in [0.25, 0.3) is 0 Å². The van der Waals surface area contributed by atoms with Crippen molar-refractivity contribution in [2.75, 3.05) is 38.2 Å². The molecule has 2 aromatic heterocycles. The molecule has 1 saturated heterocycles. The van der Waals surface area contributed by atoms with Gasteiger partial charge in [0, 0.05) is 24.8 Å². The number of pyridine rings is 1. The number of anilines is 2. The summed E-state index contributed by atoms with van der Waals surface area (Å²) in [6.07, 6.45) is 1.75. The second-order valence-corrected chi connectivity index (χ2v) is 6.39. The van der Waals surface area contributed by atoms with E-state index in [1.165, 1.54) is 0 Å². The summed E-state index contributed by atoms with van der Waals surface area (Å²) in [5.41, 5.74) is 2.31. The number of aryl methyl sites for hydroxylation is 2. The summed E-state index contributed by atoms with van der Waals surface area (Å²) >= 11 is 6.21. The van der Waals surface area contributed by atoms with Crippen LogP contribution in [0, 0.1) is 13.5 Å². The molecule has 1 aliphatic rings. The van der Waals surface area contributed by atoms with Crippen LogP contribution < -0.4 is 5.32 Å². The maximum Gasteiger partial charge on any atom is 0.227 e. The fraction of sp³-hybridized carbons (Fsp3) is 0.471. The van der Waals surface area contributed by atoms with Crippen LogP contribution in [0.25, 0.3) is 4.85 Å². The molecule has 8 heteroatoms. The standard InChI is InChI=1S/C17H21ClN6O/c1-12-10-15(23-22-12)20-14-11-13(16(19-2)17(18)21-14)4-3-5-24-6-8-25-9-7-24/h10-11H,3-9H2,1H3,(H2,20,21,22,23). The van der Waals surface area contributed by atoms with Gasteiger partial charge in [-0.15, -0.1) is 0 Å². The van der Waals surface area contributed by atoms with Crippen molar-refractivity contribution >= 4 is 28.9 Å². The summed E-state index contributed by atoms with van der Waals surface area (Å²) in [6.45, 7) is 13.8.